The number of carbonyl (C=O) groups excluding carboxylic acids is 1. The van der Waals surface area contributed by atoms with Crippen molar-refractivity contribution in [2.75, 3.05) is 0 Å². The lowest BCUT2D eigenvalue weighted by Gasteiger charge is -2.26. The molecule has 33 heavy (non-hydrogen) atoms. The van der Waals surface area contributed by atoms with Gasteiger partial charge in [0.05, 0.1) is 5.92 Å². The number of allylic oxidation sites excluding steroid dienone is 2. The molecular formula is C25H31F5O3. The van der Waals surface area contributed by atoms with Crippen LogP contribution in [0.3, 0.4) is 0 Å². The van der Waals surface area contributed by atoms with E-state index in [0.29, 0.717) is 30.9 Å². The maximum absolute atomic E-state index is 13.8. The summed E-state index contributed by atoms with van der Waals surface area (Å²) in [6.45, 7) is 2.32. The Balaban J connectivity index is 1.42. The van der Waals surface area contributed by atoms with Gasteiger partial charge in [0.1, 0.15) is 5.75 Å². The van der Waals surface area contributed by atoms with Crippen molar-refractivity contribution in [2.24, 2.45) is 23.7 Å². The maximum Gasteiger partial charge on any atom is 0.573 e. The van der Waals surface area contributed by atoms with E-state index in [0.717, 1.165) is 31.1 Å². The zero-order valence-corrected chi connectivity index (χ0v) is 18.8. The Bertz CT molecular complexity index is 797. The Labute approximate surface area is 191 Å². The van der Waals surface area contributed by atoms with Crippen LogP contribution in [-0.4, -0.2) is 12.3 Å². The van der Waals surface area contributed by atoms with Crippen LogP contribution in [0.2, 0.25) is 0 Å². The second-order valence-corrected chi connectivity index (χ2v) is 9.43. The number of benzene rings is 1. The normalized spacial score (nSPS) is 26.4. The Morgan fingerprint density at radius 1 is 1.00 bits per heavy atom. The van der Waals surface area contributed by atoms with Crippen molar-refractivity contribution >= 4 is 5.97 Å². The predicted octanol–water partition coefficient (Wildman–Crippen LogP) is 7.74. The van der Waals surface area contributed by atoms with E-state index in [4.69, 9.17) is 4.74 Å². The highest BCUT2D eigenvalue weighted by atomic mass is 19.4. The van der Waals surface area contributed by atoms with Gasteiger partial charge < -0.3 is 9.47 Å². The van der Waals surface area contributed by atoms with Gasteiger partial charge in [0.2, 0.25) is 5.75 Å². The Morgan fingerprint density at radius 2 is 1.61 bits per heavy atom. The first-order chi connectivity index (χ1) is 15.6. The number of halogens is 5. The summed E-state index contributed by atoms with van der Waals surface area (Å²) < 4.78 is 72.7. The summed E-state index contributed by atoms with van der Waals surface area (Å²) in [6, 6.07) is 1.03. The number of rotatable bonds is 7. The summed E-state index contributed by atoms with van der Waals surface area (Å²) in [4.78, 5) is 12.4. The fourth-order valence-corrected chi connectivity index (χ4v) is 4.79. The summed E-state index contributed by atoms with van der Waals surface area (Å²) in [5.41, 5.74) is 0. The van der Waals surface area contributed by atoms with Gasteiger partial charge in [-0.05, 0) is 56.3 Å². The van der Waals surface area contributed by atoms with Gasteiger partial charge in [-0.15, -0.1) is 13.2 Å². The monoisotopic (exact) mass is 474 g/mol. The van der Waals surface area contributed by atoms with Gasteiger partial charge in [0, 0.05) is 12.1 Å². The average molecular weight is 475 g/mol. The zero-order chi connectivity index (χ0) is 24.0. The smallest absolute Gasteiger partial charge is 0.426 e. The number of carbonyl (C=O) groups is 1. The highest BCUT2D eigenvalue weighted by Gasteiger charge is 2.34. The number of hydrogen-bond donors (Lipinski definition) is 0. The molecule has 0 amide bonds. The number of alkyl halides is 3. The van der Waals surface area contributed by atoms with Crippen molar-refractivity contribution in [3.8, 4) is 11.5 Å². The minimum Gasteiger partial charge on any atom is -0.426 e. The van der Waals surface area contributed by atoms with E-state index in [1.807, 2.05) is 0 Å². The SMILES string of the molecule is CC1CCC(CC/C=C/C2CCC(C(=O)Oc3cc(F)c(OC(F)(F)F)c(F)c3)CC2)CC1. The third-order valence-corrected chi connectivity index (χ3v) is 6.80. The van der Waals surface area contributed by atoms with Gasteiger partial charge in [-0.2, -0.15) is 0 Å². The van der Waals surface area contributed by atoms with Crippen molar-refractivity contribution in [3.05, 3.63) is 35.9 Å². The Kier molecular flexibility index (Phi) is 8.76. The highest BCUT2D eigenvalue weighted by molar-refractivity contribution is 5.75. The second-order valence-electron chi connectivity index (χ2n) is 9.43. The first-order valence-corrected chi connectivity index (χ1v) is 11.7. The summed E-state index contributed by atoms with van der Waals surface area (Å²) in [5, 5.41) is 0. The van der Waals surface area contributed by atoms with E-state index in [1.165, 1.54) is 32.1 Å². The Hall–Kier alpha value is -2.12. The molecule has 0 unspecified atom stereocenters. The molecule has 0 aliphatic heterocycles. The number of hydrogen-bond acceptors (Lipinski definition) is 3. The van der Waals surface area contributed by atoms with Crippen molar-refractivity contribution in [2.45, 2.75) is 77.5 Å². The predicted molar refractivity (Wildman–Crippen MR) is 114 cm³/mol. The maximum atomic E-state index is 13.8. The van der Waals surface area contributed by atoms with Gasteiger partial charge in [-0.1, -0.05) is 44.8 Å². The van der Waals surface area contributed by atoms with Gasteiger partial charge in [0.15, 0.2) is 11.6 Å². The van der Waals surface area contributed by atoms with Crippen LogP contribution in [0.15, 0.2) is 24.3 Å². The lowest BCUT2D eigenvalue weighted by molar-refractivity contribution is -0.276. The molecule has 0 bridgehead atoms. The molecule has 184 valence electrons. The van der Waals surface area contributed by atoms with Crippen LogP contribution in [0.1, 0.15) is 71.1 Å². The van der Waals surface area contributed by atoms with E-state index < -0.39 is 41.4 Å². The van der Waals surface area contributed by atoms with Crippen molar-refractivity contribution in [1.29, 1.82) is 0 Å². The Morgan fingerprint density at radius 3 is 2.18 bits per heavy atom. The van der Waals surface area contributed by atoms with Crippen molar-refractivity contribution in [1.82, 2.24) is 0 Å². The second kappa shape index (κ2) is 11.3. The minimum absolute atomic E-state index is 0.397. The molecular weight excluding hydrogens is 443 g/mol. The zero-order valence-electron chi connectivity index (χ0n) is 18.8. The lowest BCUT2D eigenvalue weighted by Crippen LogP contribution is -2.25. The third-order valence-electron chi connectivity index (χ3n) is 6.80. The van der Waals surface area contributed by atoms with Gasteiger partial charge in [-0.3, -0.25) is 4.79 Å². The molecule has 3 nitrogen and oxygen atoms in total. The third kappa shape index (κ3) is 8.00. The van der Waals surface area contributed by atoms with Crippen LogP contribution in [0.25, 0.3) is 0 Å². The molecule has 1 aromatic carbocycles. The van der Waals surface area contributed by atoms with E-state index in [-0.39, 0.29) is 0 Å². The fraction of sp³-hybridized carbons (Fsp3) is 0.640. The van der Waals surface area contributed by atoms with Crippen molar-refractivity contribution in [3.63, 3.8) is 0 Å². The van der Waals surface area contributed by atoms with Crippen molar-refractivity contribution < 1.29 is 36.2 Å². The molecule has 0 atom stereocenters. The molecule has 0 saturated heterocycles. The first-order valence-electron chi connectivity index (χ1n) is 11.7. The molecule has 1 aromatic rings. The summed E-state index contributed by atoms with van der Waals surface area (Å²) in [5.74, 6) is -4.19. The van der Waals surface area contributed by atoms with Gasteiger partial charge in [0.25, 0.3) is 0 Å². The van der Waals surface area contributed by atoms with Gasteiger partial charge in [-0.25, -0.2) is 8.78 Å². The molecule has 2 fully saturated rings. The van der Waals surface area contributed by atoms with Gasteiger partial charge >= 0.3 is 12.3 Å². The quantitative estimate of drug-likeness (QED) is 0.176. The molecule has 3 rings (SSSR count). The van der Waals surface area contributed by atoms with Crippen LogP contribution in [0, 0.1) is 35.3 Å². The molecule has 0 radical (unpaired) electrons. The molecule has 2 aliphatic carbocycles. The van der Waals surface area contributed by atoms with Crippen LogP contribution in [-0.2, 0) is 4.79 Å². The topological polar surface area (TPSA) is 35.5 Å². The highest BCUT2D eigenvalue weighted by Crippen LogP contribution is 2.35. The molecule has 2 saturated carbocycles. The van der Waals surface area contributed by atoms with Crippen LogP contribution in [0.5, 0.6) is 11.5 Å². The van der Waals surface area contributed by atoms with Crippen LogP contribution in [0.4, 0.5) is 22.0 Å². The molecule has 0 spiro atoms. The van der Waals surface area contributed by atoms with E-state index in [1.54, 1.807) is 0 Å². The minimum atomic E-state index is -5.23. The lowest BCUT2D eigenvalue weighted by atomic mass is 9.80. The van der Waals surface area contributed by atoms with E-state index in [9.17, 15) is 26.7 Å². The molecule has 0 aromatic heterocycles. The van der Waals surface area contributed by atoms with E-state index >= 15 is 0 Å². The number of esters is 1. The largest absolute Gasteiger partial charge is 0.573 e. The summed E-state index contributed by atoms with van der Waals surface area (Å²) in [7, 11) is 0. The molecule has 8 heteroatoms. The fourth-order valence-electron chi connectivity index (χ4n) is 4.79. The van der Waals surface area contributed by atoms with Crippen LogP contribution >= 0.6 is 0 Å². The summed E-state index contributed by atoms with van der Waals surface area (Å²) in [6.07, 6.45) is 9.69. The first kappa shape index (κ1) is 25.5. The van der Waals surface area contributed by atoms with Crippen LogP contribution < -0.4 is 9.47 Å². The molecule has 0 N–H and O–H groups in total. The molecule has 2 aliphatic rings. The van der Waals surface area contributed by atoms with E-state index in [2.05, 4.69) is 23.8 Å². The summed E-state index contributed by atoms with van der Waals surface area (Å²) >= 11 is 0. The average Bonchev–Trinajstić information content (AvgIpc) is 2.75. The number of ether oxygens (including phenoxy) is 2. The standard InChI is InChI=1S/C25H31F5O3/c1-16-6-8-17(9-7-16)4-2-3-5-18-10-12-19(13-11-18)24(31)32-20-14-21(26)23(22(27)15-20)33-25(28,29)30/h3,5,14-19H,2,4,6-13H2,1H3/b5-3+. The molecule has 0 heterocycles.